The van der Waals surface area contributed by atoms with Gasteiger partial charge in [-0.3, -0.25) is 0 Å². The van der Waals surface area contributed by atoms with Gasteiger partial charge in [-0.25, -0.2) is 4.79 Å². The van der Waals surface area contributed by atoms with Crippen molar-refractivity contribution in [2.24, 2.45) is 0 Å². The van der Waals surface area contributed by atoms with E-state index in [1.165, 1.54) is 0 Å². The third-order valence-electron chi connectivity index (χ3n) is 2.12. The van der Waals surface area contributed by atoms with Crippen LogP contribution in [-0.2, 0) is 9.53 Å². The molecule has 0 radical (unpaired) electrons. The first-order chi connectivity index (χ1) is 8.76. The van der Waals surface area contributed by atoms with E-state index in [0.717, 1.165) is 18.6 Å². The van der Waals surface area contributed by atoms with Crippen molar-refractivity contribution in [1.29, 1.82) is 0 Å². The van der Waals surface area contributed by atoms with Crippen molar-refractivity contribution in [2.45, 2.75) is 26.7 Å². The molecule has 1 rings (SSSR count). The number of hydrogen-bond donors (Lipinski definition) is 0. The highest BCUT2D eigenvalue weighted by atomic mass is 16.6. The third kappa shape index (κ3) is 5.57. The number of hydrogen-bond acceptors (Lipinski definition) is 4. The van der Waals surface area contributed by atoms with Gasteiger partial charge in [-0.15, -0.1) is 0 Å². The zero-order valence-corrected chi connectivity index (χ0v) is 11.0. The Hall–Kier alpha value is -1.71. The van der Waals surface area contributed by atoms with E-state index in [2.05, 4.69) is 6.92 Å². The van der Waals surface area contributed by atoms with Crippen LogP contribution in [0.1, 0.15) is 26.7 Å². The summed E-state index contributed by atoms with van der Waals surface area (Å²) in [7, 11) is 0. The minimum Gasteiger partial charge on any atom is -0.494 e. The van der Waals surface area contributed by atoms with Crippen LogP contribution < -0.4 is 9.47 Å². The number of rotatable bonds is 8. The second kappa shape index (κ2) is 8.39. The number of esters is 1. The average Bonchev–Trinajstić information content (AvgIpc) is 2.41. The van der Waals surface area contributed by atoms with Gasteiger partial charge in [0.15, 0.2) is 6.61 Å². The van der Waals surface area contributed by atoms with Crippen LogP contribution in [-0.4, -0.2) is 25.8 Å². The summed E-state index contributed by atoms with van der Waals surface area (Å²) in [5.41, 5.74) is 0. The first-order valence-corrected chi connectivity index (χ1v) is 6.27. The maximum absolute atomic E-state index is 11.2. The number of carbonyl (C=O) groups excluding carboxylic acids is 1. The van der Waals surface area contributed by atoms with Crippen molar-refractivity contribution in [2.75, 3.05) is 19.8 Å². The zero-order chi connectivity index (χ0) is 13.2. The van der Waals surface area contributed by atoms with E-state index in [-0.39, 0.29) is 12.6 Å². The van der Waals surface area contributed by atoms with Crippen LogP contribution in [0.25, 0.3) is 0 Å². The first-order valence-electron chi connectivity index (χ1n) is 6.27. The van der Waals surface area contributed by atoms with Gasteiger partial charge in [0.25, 0.3) is 0 Å². The van der Waals surface area contributed by atoms with E-state index < -0.39 is 0 Å². The van der Waals surface area contributed by atoms with E-state index in [1.54, 1.807) is 12.1 Å². The second-order valence-corrected chi connectivity index (χ2v) is 3.83. The molecule has 0 aliphatic rings. The van der Waals surface area contributed by atoms with Gasteiger partial charge in [-0.05, 0) is 37.1 Å². The molecule has 0 aliphatic carbocycles. The average molecular weight is 252 g/mol. The molecule has 0 bridgehead atoms. The summed E-state index contributed by atoms with van der Waals surface area (Å²) in [5.74, 6) is 1.09. The van der Waals surface area contributed by atoms with Crippen LogP contribution in [0.2, 0.25) is 0 Å². The molecule has 0 spiro atoms. The van der Waals surface area contributed by atoms with Gasteiger partial charge >= 0.3 is 5.97 Å². The summed E-state index contributed by atoms with van der Waals surface area (Å²) >= 11 is 0. The normalized spacial score (nSPS) is 9.89. The lowest BCUT2D eigenvalue weighted by atomic mass is 10.3. The standard InChI is InChI=1S/C14H20O4/c1-3-9-16-12-5-7-13(8-6-12)18-11-14(15)17-10-4-2/h5-8H,3-4,9-11H2,1-2H3. The van der Waals surface area contributed by atoms with E-state index in [1.807, 2.05) is 19.1 Å². The minimum absolute atomic E-state index is 0.0604. The summed E-state index contributed by atoms with van der Waals surface area (Å²) < 4.78 is 15.6. The monoisotopic (exact) mass is 252 g/mol. The molecule has 0 heterocycles. The van der Waals surface area contributed by atoms with Crippen molar-refractivity contribution < 1.29 is 19.0 Å². The van der Waals surface area contributed by atoms with Gasteiger partial charge in [-0.1, -0.05) is 13.8 Å². The molecule has 0 amide bonds. The fourth-order valence-corrected chi connectivity index (χ4v) is 1.25. The fraction of sp³-hybridized carbons (Fsp3) is 0.500. The summed E-state index contributed by atoms with van der Waals surface area (Å²) in [6.07, 6.45) is 1.79. The first kappa shape index (κ1) is 14.4. The predicted molar refractivity (Wildman–Crippen MR) is 69.0 cm³/mol. The molecule has 100 valence electrons. The molecule has 0 atom stereocenters. The largest absolute Gasteiger partial charge is 0.494 e. The van der Waals surface area contributed by atoms with Gasteiger partial charge < -0.3 is 14.2 Å². The molecule has 0 aromatic heterocycles. The number of ether oxygens (including phenoxy) is 3. The summed E-state index contributed by atoms with van der Waals surface area (Å²) in [6.45, 7) is 5.08. The Morgan fingerprint density at radius 2 is 1.50 bits per heavy atom. The number of carbonyl (C=O) groups is 1. The van der Waals surface area contributed by atoms with Crippen molar-refractivity contribution in [3.05, 3.63) is 24.3 Å². The van der Waals surface area contributed by atoms with Gasteiger partial charge in [0, 0.05) is 0 Å². The van der Waals surface area contributed by atoms with Gasteiger partial charge in [0.1, 0.15) is 11.5 Å². The molecule has 4 nitrogen and oxygen atoms in total. The Morgan fingerprint density at radius 1 is 0.944 bits per heavy atom. The maximum atomic E-state index is 11.2. The molecule has 0 saturated heterocycles. The van der Waals surface area contributed by atoms with Crippen molar-refractivity contribution in [3.63, 3.8) is 0 Å². The topological polar surface area (TPSA) is 44.8 Å². The predicted octanol–water partition coefficient (Wildman–Crippen LogP) is 2.81. The van der Waals surface area contributed by atoms with Gasteiger partial charge in [0.05, 0.1) is 13.2 Å². The molecular weight excluding hydrogens is 232 g/mol. The summed E-state index contributed by atoms with van der Waals surface area (Å²) in [6, 6.07) is 7.20. The van der Waals surface area contributed by atoms with E-state index in [0.29, 0.717) is 19.0 Å². The Morgan fingerprint density at radius 3 is 2.06 bits per heavy atom. The molecule has 0 saturated carbocycles. The summed E-state index contributed by atoms with van der Waals surface area (Å²) in [4.78, 5) is 11.2. The lowest BCUT2D eigenvalue weighted by molar-refractivity contribution is -0.146. The lowest BCUT2D eigenvalue weighted by Crippen LogP contribution is -2.15. The summed E-state index contributed by atoms with van der Waals surface area (Å²) in [5, 5.41) is 0. The Labute approximate surface area is 108 Å². The van der Waals surface area contributed by atoms with Crippen LogP contribution >= 0.6 is 0 Å². The Bertz CT molecular complexity index is 345. The minimum atomic E-state index is -0.344. The van der Waals surface area contributed by atoms with Crippen LogP contribution in [0.3, 0.4) is 0 Å². The smallest absolute Gasteiger partial charge is 0.344 e. The van der Waals surface area contributed by atoms with Crippen LogP contribution in [0, 0.1) is 0 Å². The molecule has 0 N–H and O–H groups in total. The molecular formula is C14H20O4. The van der Waals surface area contributed by atoms with Crippen LogP contribution in [0.15, 0.2) is 24.3 Å². The van der Waals surface area contributed by atoms with Crippen molar-refractivity contribution in [1.82, 2.24) is 0 Å². The Kier molecular flexibility index (Phi) is 6.69. The molecule has 4 heteroatoms. The van der Waals surface area contributed by atoms with Crippen LogP contribution in [0.4, 0.5) is 0 Å². The highest BCUT2D eigenvalue weighted by Gasteiger charge is 2.03. The third-order valence-corrected chi connectivity index (χ3v) is 2.12. The SMILES string of the molecule is CCCOC(=O)COc1ccc(OCCC)cc1. The maximum Gasteiger partial charge on any atom is 0.344 e. The van der Waals surface area contributed by atoms with Crippen molar-refractivity contribution in [3.8, 4) is 11.5 Å². The van der Waals surface area contributed by atoms with Gasteiger partial charge in [-0.2, -0.15) is 0 Å². The van der Waals surface area contributed by atoms with E-state index >= 15 is 0 Å². The second-order valence-electron chi connectivity index (χ2n) is 3.83. The zero-order valence-electron chi connectivity index (χ0n) is 11.0. The van der Waals surface area contributed by atoms with Crippen LogP contribution in [0.5, 0.6) is 11.5 Å². The Balaban J connectivity index is 2.32. The fourth-order valence-electron chi connectivity index (χ4n) is 1.25. The molecule has 0 aliphatic heterocycles. The van der Waals surface area contributed by atoms with Crippen molar-refractivity contribution >= 4 is 5.97 Å². The number of benzene rings is 1. The molecule has 1 aromatic carbocycles. The van der Waals surface area contributed by atoms with E-state index in [9.17, 15) is 4.79 Å². The highest BCUT2D eigenvalue weighted by Crippen LogP contribution is 2.17. The molecule has 0 unspecified atom stereocenters. The molecule has 0 fully saturated rings. The van der Waals surface area contributed by atoms with E-state index in [4.69, 9.17) is 14.2 Å². The van der Waals surface area contributed by atoms with Gasteiger partial charge in [0.2, 0.25) is 0 Å². The lowest BCUT2D eigenvalue weighted by Gasteiger charge is -2.08. The quantitative estimate of drug-likeness (QED) is 0.667. The molecule has 18 heavy (non-hydrogen) atoms. The molecule has 1 aromatic rings. The highest BCUT2D eigenvalue weighted by molar-refractivity contribution is 5.71.